The Labute approximate surface area is 233 Å². The number of rotatable bonds is 10. The van der Waals surface area contributed by atoms with Gasteiger partial charge in [-0.3, -0.25) is 9.59 Å². The van der Waals surface area contributed by atoms with Gasteiger partial charge in [-0.05, 0) is 41.5 Å². The zero-order valence-electron chi connectivity index (χ0n) is 20.7. The summed E-state index contributed by atoms with van der Waals surface area (Å²) in [5.74, 6) is 0.447. The number of benzene rings is 3. The number of nitriles is 1. The number of H-pyrrole nitrogens is 1. The van der Waals surface area contributed by atoms with Gasteiger partial charge in [0.1, 0.15) is 18.2 Å². The summed E-state index contributed by atoms with van der Waals surface area (Å²) in [7, 11) is 1.50. The minimum Gasteiger partial charge on any atom is -0.493 e. The number of halogens is 1. The SMILES string of the molecule is COc1cc(-c2nc(SCC(=O)N/N=C/c3ccc(Cl)cc3)[nH]c(=O)c2C#N)ccc1OCc1ccccc1. The van der Waals surface area contributed by atoms with Gasteiger partial charge in [0.2, 0.25) is 0 Å². The number of carbonyl (C=O) groups excluding carboxylic acids is 1. The molecule has 11 heteroatoms. The number of methoxy groups -OCH3 is 1. The molecule has 0 saturated carbocycles. The van der Waals surface area contributed by atoms with E-state index < -0.39 is 11.5 Å². The maximum atomic E-state index is 12.6. The maximum absolute atomic E-state index is 12.6. The number of aromatic nitrogens is 2. The van der Waals surface area contributed by atoms with Crippen LogP contribution in [0.1, 0.15) is 16.7 Å². The highest BCUT2D eigenvalue weighted by atomic mass is 35.5. The van der Waals surface area contributed by atoms with Crippen molar-refractivity contribution in [2.24, 2.45) is 5.10 Å². The maximum Gasteiger partial charge on any atom is 0.270 e. The molecular weight excluding hydrogens is 538 g/mol. The van der Waals surface area contributed by atoms with E-state index in [1.54, 1.807) is 42.5 Å². The van der Waals surface area contributed by atoms with E-state index in [2.05, 4.69) is 20.5 Å². The molecule has 2 N–H and O–H groups in total. The van der Waals surface area contributed by atoms with Crippen molar-refractivity contribution in [2.45, 2.75) is 11.8 Å². The van der Waals surface area contributed by atoms with Gasteiger partial charge in [-0.1, -0.05) is 65.8 Å². The van der Waals surface area contributed by atoms with E-state index >= 15 is 0 Å². The molecule has 0 fully saturated rings. The van der Waals surface area contributed by atoms with Gasteiger partial charge in [-0.25, -0.2) is 10.4 Å². The Morgan fingerprint density at radius 2 is 1.92 bits per heavy atom. The molecule has 0 radical (unpaired) electrons. The molecule has 0 atom stereocenters. The second kappa shape index (κ2) is 13.3. The van der Waals surface area contributed by atoms with Crippen LogP contribution >= 0.6 is 23.4 Å². The Morgan fingerprint density at radius 1 is 1.15 bits per heavy atom. The molecular formula is C28H22ClN5O4S. The van der Waals surface area contributed by atoms with Gasteiger partial charge in [-0.15, -0.1) is 0 Å². The number of thioether (sulfide) groups is 1. The summed E-state index contributed by atoms with van der Waals surface area (Å²) in [5.41, 5.74) is 4.06. The lowest BCUT2D eigenvalue weighted by Gasteiger charge is -2.13. The first kappa shape index (κ1) is 27.4. The molecule has 0 aliphatic rings. The van der Waals surface area contributed by atoms with Crippen molar-refractivity contribution >= 4 is 35.5 Å². The number of hydrogen-bond acceptors (Lipinski definition) is 8. The fourth-order valence-corrected chi connectivity index (χ4v) is 4.18. The summed E-state index contributed by atoms with van der Waals surface area (Å²) in [4.78, 5) is 31.8. The lowest BCUT2D eigenvalue weighted by atomic mass is 10.1. The highest BCUT2D eigenvalue weighted by molar-refractivity contribution is 7.99. The lowest BCUT2D eigenvalue weighted by Crippen LogP contribution is -2.21. The van der Waals surface area contributed by atoms with Crippen LogP contribution in [0.4, 0.5) is 0 Å². The Balaban J connectivity index is 1.47. The van der Waals surface area contributed by atoms with Crippen LogP contribution in [0.15, 0.2) is 87.8 Å². The first-order chi connectivity index (χ1) is 19.0. The Morgan fingerprint density at radius 3 is 2.64 bits per heavy atom. The summed E-state index contributed by atoms with van der Waals surface area (Å²) in [6.45, 7) is 0.343. The van der Waals surface area contributed by atoms with Crippen molar-refractivity contribution in [3.05, 3.63) is 105 Å². The van der Waals surface area contributed by atoms with Crippen molar-refractivity contribution in [1.29, 1.82) is 5.26 Å². The van der Waals surface area contributed by atoms with Gasteiger partial charge >= 0.3 is 0 Å². The monoisotopic (exact) mass is 559 g/mol. The van der Waals surface area contributed by atoms with Crippen LogP contribution in [0.3, 0.4) is 0 Å². The number of nitrogens with zero attached hydrogens (tertiary/aromatic N) is 3. The molecule has 1 amide bonds. The van der Waals surface area contributed by atoms with E-state index in [0.717, 1.165) is 22.9 Å². The topological polar surface area (TPSA) is 129 Å². The van der Waals surface area contributed by atoms with E-state index in [0.29, 0.717) is 28.7 Å². The number of hydrogen-bond donors (Lipinski definition) is 2. The molecule has 0 unspecified atom stereocenters. The number of amides is 1. The van der Waals surface area contributed by atoms with Crippen LogP contribution in [0.25, 0.3) is 11.3 Å². The molecule has 4 aromatic rings. The van der Waals surface area contributed by atoms with Crippen molar-refractivity contribution in [3.8, 4) is 28.8 Å². The van der Waals surface area contributed by atoms with E-state index in [4.69, 9.17) is 21.1 Å². The molecule has 9 nitrogen and oxygen atoms in total. The fourth-order valence-electron chi connectivity index (χ4n) is 3.40. The second-order valence-corrected chi connectivity index (χ2v) is 9.38. The van der Waals surface area contributed by atoms with Crippen LogP contribution in [0.2, 0.25) is 5.02 Å². The predicted molar refractivity (Wildman–Crippen MR) is 150 cm³/mol. The van der Waals surface area contributed by atoms with Crippen molar-refractivity contribution in [2.75, 3.05) is 12.9 Å². The molecule has 3 aromatic carbocycles. The lowest BCUT2D eigenvalue weighted by molar-refractivity contribution is -0.118. The van der Waals surface area contributed by atoms with E-state index in [1.165, 1.54) is 13.3 Å². The van der Waals surface area contributed by atoms with Gasteiger partial charge < -0.3 is 14.5 Å². The number of aromatic amines is 1. The number of hydrazone groups is 1. The van der Waals surface area contributed by atoms with Crippen LogP contribution in [0, 0.1) is 11.3 Å². The van der Waals surface area contributed by atoms with Crippen molar-refractivity contribution in [1.82, 2.24) is 15.4 Å². The largest absolute Gasteiger partial charge is 0.493 e. The van der Waals surface area contributed by atoms with Crippen LogP contribution < -0.4 is 20.5 Å². The first-order valence-corrected chi connectivity index (χ1v) is 12.9. The third-order valence-corrected chi connectivity index (χ3v) is 6.42. The molecule has 0 aliphatic carbocycles. The molecule has 39 heavy (non-hydrogen) atoms. The van der Waals surface area contributed by atoms with Gasteiger partial charge in [0, 0.05) is 10.6 Å². The average molecular weight is 560 g/mol. The highest BCUT2D eigenvalue weighted by Crippen LogP contribution is 2.33. The molecule has 1 aromatic heterocycles. The molecule has 0 saturated heterocycles. The highest BCUT2D eigenvalue weighted by Gasteiger charge is 2.17. The minimum atomic E-state index is -0.616. The van der Waals surface area contributed by atoms with Crippen molar-refractivity contribution in [3.63, 3.8) is 0 Å². The number of carbonyl (C=O) groups is 1. The van der Waals surface area contributed by atoms with E-state index in [1.807, 2.05) is 36.4 Å². The Hall–Kier alpha value is -4.59. The third kappa shape index (κ3) is 7.47. The van der Waals surface area contributed by atoms with Gasteiger partial charge in [0.05, 0.1) is 24.8 Å². The quantitative estimate of drug-likeness (QED) is 0.124. The molecule has 196 valence electrons. The molecule has 4 rings (SSSR count). The van der Waals surface area contributed by atoms with Gasteiger partial charge in [0.25, 0.3) is 11.5 Å². The summed E-state index contributed by atoms with van der Waals surface area (Å²) in [6, 6.07) is 23.6. The molecule has 0 spiro atoms. The predicted octanol–water partition coefficient (Wildman–Crippen LogP) is 4.79. The Bertz CT molecular complexity index is 1580. The van der Waals surface area contributed by atoms with E-state index in [9.17, 15) is 14.9 Å². The molecule has 0 bridgehead atoms. The summed E-state index contributed by atoms with van der Waals surface area (Å²) in [6.07, 6.45) is 1.49. The van der Waals surface area contributed by atoms with Crippen molar-refractivity contribution < 1.29 is 14.3 Å². The minimum absolute atomic E-state index is 0.0676. The number of ether oxygens (including phenoxy) is 2. The van der Waals surface area contributed by atoms with Gasteiger partial charge in [-0.2, -0.15) is 10.4 Å². The second-order valence-electron chi connectivity index (χ2n) is 7.98. The first-order valence-electron chi connectivity index (χ1n) is 11.6. The van der Waals surface area contributed by atoms with Gasteiger partial charge in [0.15, 0.2) is 16.7 Å². The smallest absolute Gasteiger partial charge is 0.270 e. The average Bonchev–Trinajstić information content (AvgIpc) is 2.96. The molecule has 1 heterocycles. The summed E-state index contributed by atoms with van der Waals surface area (Å²) < 4.78 is 11.4. The van der Waals surface area contributed by atoms with Crippen LogP contribution in [0.5, 0.6) is 11.5 Å². The summed E-state index contributed by atoms with van der Waals surface area (Å²) in [5, 5.41) is 14.3. The fraction of sp³-hybridized carbons (Fsp3) is 0.107. The van der Waals surface area contributed by atoms with Crippen LogP contribution in [-0.4, -0.2) is 35.0 Å². The molecule has 0 aliphatic heterocycles. The number of nitrogens with one attached hydrogen (secondary N) is 2. The standard InChI is InChI=1S/C28H22ClN5O4S/c1-37-24-13-20(9-12-23(24)38-16-19-5-3-2-4-6-19)26-22(14-30)27(36)33-28(32-26)39-17-25(35)34-31-15-18-7-10-21(29)11-8-18/h2-13,15H,16-17H2,1H3,(H,34,35)(H,32,33,36)/b31-15+. The Kier molecular flexibility index (Phi) is 9.34. The van der Waals surface area contributed by atoms with Crippen LogP contribution in [-0.2, 0) is 11.4 Å². The zero-order valence-corrected chi connectivity index (χ0v) is 22.3. The van der Waals surface area contributed by atoms with E-state index in [-0.39, 0.29) is 22.2 Å². The zero-order chi connectivity index (χ0) is 27.6. The normalized spacial score (nSPS) is 10.7. The summed E-state index contributed by atoms with van der Waals surface area (Å²) >= 11 is 6.86. The third-order valence-electron chi connectivity index (χ3n) is 5.30.